The van der Waals surface area contributed by atoms with Gasteiger partial charge in [-0.25, -0.2) is 0 Å². The molecule has 1 heterocycles. The normalized spacial score (nSPS) is 18.0. The standard InChI is InChI=1S/C35H56N8O8/c1-19(2)28(30(36)46)41-35(51)29(20(3)4)42-34(50)27-14-11-15-43(27)17-25(16-24-12-9-8-10-13-24)40-32(48)22(6)37-31(47)21(5)38-33(49)26(18-44)39-23(7)45/h8-10,12-13,19-22,25-29,44H,11,14-18H2,1-7H3,(H2,36,46)(H,37,47)(H,38,49)(H,39,45)(H,40,48)(H,41,51)(H,42,50)/t21-,22-,25-,26-,27+,28-,29-/m0/s1. The van der Waals surface area contributed by atoms with E-state index in [4.69, 9.17) is 5.73 Å². The van der Waals surface area contributed by atoms with Crippen molar-refractivity contribution in [3.05, 3.63) is 35.9 Å². The summed E-state index contributed by atoms with van der Waals surface area (Å²) >= 11 is 0. The highest BCUT2D eigenvalue weighted by atomic mass is 16.3. The third-order valence-corrected chi connectivity index (χ3v) is 8.69. The summed E-state index contributed by atoms with van der Waals surface area (Å²) in [4.78, 5) is 90.7. The summed E-state index contributed by atoms with van der Waals surface area (Å²) in [7, 11) is 0. The Morgan fingerprint density at radius 2 is 1.33 bits per heavy atom. The van der Waals surface area contributed by atoms with Gasteiger partial charge in [0.05, 0.1) is 12.6 Å². The van der Waals surface area contributed by atoms with E-state index in [1.165, 1.54) is 20.8 Å². The van der Waals surface area contributed by atoms with Gasteiger partial charge in [-0.3, -0.25) is 38.5 Å². The number of nitrogens with one attached hydrogen (secondary N) is 6. The van der Waals surface area contributed by atoms with Crippen molar-refractivity contribution in [1.82, 2.24) is 36.8 Å². The minimum Gasteiger partial charge on any atom is -0.394 e. The zero-order valence-electron chi connectivity index (χ0n) is 30.7. The van der Waals surface area contributed by atoms with Gasteiger partial charge in [-0.2, -0.15) is 0 Å². The molecule has 1 aliphatic heterocycles. The number of carbonyl (C=O) groups is 7. The van der Waals surface area contributed by atoms with Crippen molar-refractivity contribution >= 4 is 41.4 Å². The van der Waals surface area contributed by atoms with E-state index in [0.29, 0.717) is 25.9 Å². The number of amides is 7. The van der Waals surface area contributed by atoms with Crippen LogP contribution in [0.2, 0.25) is 0 Å². The average Bonchev–Trinajstić information content (AvgIpc) is 3.52. The lowest BCUT2D eigenvalue weighted by atomic mass is 9.99. The fourth-order valence-electron chi connectivity index (χ4n) is 5.83. The Morgan fingerprint density at radius 3 is 1.86 bits per heavy atom. The van der Waals surface area contributed by atoms with Gasteiger partial charge in [-0.05, 0) is 57.1 Å². The number of rotatable bonds is 19. The van der Waals surface area contributed by atoms with Crippen molar-refractivity contribution in [1.29, 1.82) is 0 Å². The number of carbonyl (C=O) groups excluding carboxylic acids is 7. The summed E-state index contributed by atoms with van der Waals surface area (Å²) < 4.78 is 0. The van der Waals surface area contributed by atoms with Crippen LogP contribution in [0.15, 0.2) is 30.3 Å². The highest BCUT2D eigenvalue weighted by molar-refractivity contribution is 5.94. The maximum atomic E-state index is 13.7. The molecule has 16 heteroatoms. The maximum absolute atomic E-state index is 13.7. The fourth-order valence-corrected chi connectivity index (χ4v) is 5.83. The van der Waals surface area contributed by atoms with E-state index in [2.05, 4.69) is 31.9 Å². The number of likely N-dealkylation sites (tertiary alicyclic amines) is 1. The summed E-state index contributed by atoms with van der Waals surface area (Å²) in [5.41, 5.74) is 6.43. The second-order valence-corrected chi connectivity index (χ2v) is 13.8. The van der Waals surface area contributed by atoms with Crippen LogP contribution in [0.1, 0.15) is 66.9 Å². The minimum atomic E-state index is -1.24. The largest absolute Gasteiger partial charge is 0.394 e. The summed E-state index contributed by atoms with van der Waals surface area (Å²) in [6, 6.07) is 3.33. The molecule has 0 bridgehead atoms. The number of aliphatic hydroxyl groups excluding tert-OH is 1. The van der Waals surface area contributed by atoms with Gasteiger partial charge < -0.3 is 42.7 Å². The van der Waals surface area contributed by atoms with Crippen LogP contribution < -0.4 is 37.6 Å². The van der Waals surface area contributed by atoms with E-state index >= 15 is 0 Å². The van der Waals surface area contributed by atoms with Crippen LogP contribution in [-0.4, -0.2) is 113 Å². The Balaban J connectivity index is 2.14. The molecule has 51 heavy (non-hydrogen) atoms. The zero-order chi connectivity index (χ0) is 38.4. The predicted molar refractivity (Wildman–Crippen MR) is 189 cm³/mol. The molecular weight excluding hydrogens is 660 g/mol. The number of hydrogen-bond acceptors (Lipinski definition) is 9. The van der Waals surface area contributed by atoms with Crippen LogP contribution in [0, 0.1) is 11.8 Å². The lowest BCUT2D eigenvalue weighted by molar-refractivity contribution is -0.134. The smallest absolute Gasteiger partial charge is 0.245 e. The van der Waals surface area contributed by atoms with Crippen LogP contribution >= 0.6 is 0 Å². The molecule has 0 unspecified atom stereocenters. The average molecular weight is 717 g/mol. The van der Waals surface area contributed by atoms with Crippen LogP contribution in [0.5, 0.6) is 0 Å². The monoisotopic (exact) mass is 716 g/mol. The Bertz CT molecular complexity index is 1370. The highest BCUT2D eigenvalue weighted by Gasteiger charge is 2.36. The molecule has 9 N–H and O–H groups in total. The molecule has 0 aliphatic carbocycles. The Labute approximate surface area is 299 Å². The Kier molecular flexibility index (Phi) is 17.0. The molecule has 0 spiro atoms. The SMILES string of the molecule is CC(=O)N[C@@H](CO)C(=O)N[C@@H](C)C(=O)N[C@@H](C)C(=O)N[C@@H](Cc1ccccc1)CN1CCC[C@@H]1C(=O)N[C@H](C(=O)N[C@H](C(N)=O)C(C)C)C(C)C. The van der Waals surface area contributed by atoms with Gasteiger partial charge in [-0.1, -0.05) is 58.0 Å². The van der Waals surface area contributed by atoms with E-state index in [-0.39, 0.29) is 17.7 Å². The van der Waals surface area contributed by atoms with Gasteiger partial charge >= 0.3 is 0 Å². The molecular formula is C35H56N8O8. The van der Waals surface area contributed by atoms with Crippen molar-refractivity contribution in [2.75, 3.05) is 19.7 Å². The molecule has 1 aromatic rings. The third kappa shape index (κ3) is 13.6. The minimum absolute atomic E-state index is 0.238. The lowest BCUT2D eigenvalue weighted by Gasteiger charge is -2.31. The van der Waals surface area contributed by atoms with Gasteiger partial charge in [0, 0.05) is 19.5 Å². The molecule has 7 atom stereocenters. The highest BCUT2D eigenvalue weighted by Crippen LogP contribution is 2.20. The van der Waals surface area contributed by atoms with Crippen molar-refractivity contribution in [3.63, 3.8) is 0 Å². The van der Waals surface area contributed by atoms with E-state index in [1.807, 2.05) is 35.2 Å². The molecule has 16 nitrogen and oxygen atoms in total. The van der Waals surface area contributed by atoms with E-state index in [1.54, 1.807) is 27.7 Å². The van der Waals surface area contributed by atoms with Gasteiger partial charge in [0.25, 0.3) is 0 Å². The molecule has 2 rings (SSSR count). The van der Waals surface area contributed by atoms with Crippen molar-refractivity contribution in [2.24, 2.45) is 17.6 Å². The number of benzene rings is 1. The van der Waals surface area contributed by atoms with Gasteiger partial charge in [0.2, 0.25) is 41.4 Å². The van der Waals surface area contributed by atoms with Gasteiger partial charge in [-0.15, -0.1) is 0 Å². The zero-order valence-corrected chi connectivity index (χ0v) is 30.7. The molecule has 0 radical (unpaired) electrons. The Hall–Kier alpha value is -4.57. The van der Waals surface area contributed by atoms with E-state index in [9.17, 15) is 38.7 Å². The quantitative estimate of drug-likeness (QED) is 0.0826. The van der Waals surface area contributed by atoms with E-state index in [0.717, 1.165) is 12.0 Å². The third-order valence-electron chi connectivity index (χ3n) is 8.69. The Morgan fingerprint density at radius 1 is 0.765 bits per heavy atom. The van der Waals surface area contributed by atoms with Crippen LogP contribution in [0.25, 0.3) is 0 Å². The number of nitrogens with zero attached hydrogens (tertiary/aromatic N) is 1. The fraction of sp³-hybridized carbons (Fsp3) is 0.629. The molecule has 7 amide bonds. The summed E-state index contributed by atoms with van der Waals surface area (Å²) in [6.07, 6.45) is 1.68. The first-order valence-electron chi connectivity index (χ1n) is 17.4. The summed E-state index contributed by atoms with van der Waals surface area (Å²) in [5.74, 6) is -4.45. The summed E-state index contributed by atoms with van der Waals surface area (Å²) in [6.45, 7) is 11.4. The second-order valence-electron chi connectivity index (χ2n) is 13.8. The molecule has 0 saturated carbocycles. The number of aliphatic hydroxyl groups is 1. The van der Waals surface area contributed by atoms with E-state index < -0.39 is 84.3 Å². The summed E-state index contributed by atoms with van der Waals surface area (Å²) in [5, 5.41) is 25.3. The van der Waals surface area contributed by atoms with Crippen molar-refractivity contribution in [2.45, 2.75) is 110 Å². The van der Waals surface area contributed by atoms with Gasteiger partial charge in [0.1, 0.15) is 30.2 Å². The maximum Gasteiger partial charge on any atom is 0.245 e. The number of nitrogens with two attached hydrogens (primary N) is 1. The molecule has 1 aliphatic rings. The van der Waals surface area contributed by atoms with Crippen molar-refractivity contribution in [3.8, 4) is 0 Å². The molecule has 1 saturated heterocycles. The molecule has 0 aromatic heterocycles. The number of hydrogen-bond donors (Lipinski definition) is 8. The second kappa shape index (κ2) is 20.3. The topological polar surface area (TPSA) is 241 Å². The molecule has 1 fully saturated rings. The predicted octanol–water partition coefficient (Wildman–Crippen LogP) is -1.55. The first-order valence-corrected chi connectivity index (χ1v) is 17.4. The molecule has 1 aromatic carbocycles. The van der Waals surface area contributed by atoms with Gasteiger partial charge in [0.15, 0.2) is 0 Å². The van der Waals surface area contributed by atoms with Crippen molar-refractivity contribution < 1.29 is 38.7 Å². The lowest BCUT2D eigenvalue weighted by Crippen LogP contribution is -2.59. The van der Waals surface area contributed by atoms with Crippen LogP contribution in [-0.2, 0) is 40.0 Å². The van der Waals surface area contributed by atoms with Crippen LogP contribution in [0.3, 0.4) is 0 Å². The first kappa shape index (κ1) is 42.6. The molecule has 284 valence electrons. The van der Waals surface area contributed by atoms with Crippen LogP contribution in [0.4, 0.5) is 0 Å². The number of primary amides is 1. The first-order chi connectivity index (χ1) is 23.9.